The van der Waals surface area contributed by atoms with Gasteiger partial charge in [-0.15, -0.1) is 0 Å². The summed E-state index contributed by atoms with van der Waals surface area (Å²) in [6.45, 7) is 3.49. The van der Waals surface area contributed by atoms with E-state index in [2.05, 4.69) is 5.10 Å². The number of benzene rings is 1. The summed E-state index contributed by atoms with van der Waals surface area (Å²) in [7, 11) is 1.73. The molecule has 0 fully saturated rings. The number of rotatable bonds is 4. The summed E-state index contributed by atoms with van der Waals surface area (Å²) >= 11 is 0. The highest BCUT2D eigenvalue weighted by Crippen LogP contribution is 2.34. The van der Waals surface area contributed by atoms with Crippen LogP contribution in [-0.2, 0) is 7.05 Å². The summed E-state index contributed by atoms with van der Waals surface area (Å²) in [6, 6.07) is 3.50. The van der Waals surface area contributed by atoms with Gasteiger partial charge in [0.2, 0.25) is 5.75 Å². The maximum Gasteiger partial charge on any atom is 0.335 e. The fourth-order valence-electron chi connectivity index (χ4n) is 1.89. The summed E-state index contributed by atoms with van der Waals surface area (Å²) in [5, 5.41) is 24.1. The maximum absolute atomic E-state index is 11.1. The van der Waals surface area contributed by atoms with Gasteiger partial charge in [-0.3, -0.25) is 14.8 Å². The van der Waals surface area contributed by atoms with Crippen LogP contribution in [0, 0.1) is 24.0 Å². The van der Waals surface area contributed by atoms with E-state index in [1.165, 1.54) is 12.1 Å². The van der Waals surface area contributed by atoms with Gasteiger partial charge >= 0.3 is 11.7 Å². The van der Waals surface area contributed by atoms with Crippen LogP contribution in [0.3, 0.4) is 0 Å². The predicted molar refractivity (Wildman–Crippen MR) is 72.8 cm³/mol. The van der Waals surface area contributed by atoms with Crippen molar-refractivity contribution in [2.75, 3.05) is 0 Å². The number of carboxylic acids is 1. The molecule has 0 saturated carbocycles. The fourth-order valence-corrected chi connectivity index (χ4v) is 1.89. The Bertz CT molecular complexity index is 736. The van der Waals surface area contributed by atoms with Gasteiger partial charge in [0, 0.05) is 13.1 Å². The van der Waals surface area contributed by atoms with Crippen molar-refractivity contribution in [2.45, 2.75) is 13.8 Å². The number of ether oxygens (including phenoxy) is 1. The van der Waals surface area contributed by atoms with E-state index in [0.29, 0.717) is 17.1 Å². The van der Waals surface area contributed by atoms with Gasteiger partial charge in [-0.2, -0.15) is 5.10 Å². The van der Waals surface area contributed by atoms with Gasteiger partial charge in [0.05, 0.1) is 16.2 Å². The molecule has 8 heteroatoms. The lowest BCUT2D eigenvalue weighted by Crippen LogP contribution is -2.00. The molecule has 0 atom stereocenters. The van der Waals surface area contributed by atoms with Crippen LogP contribution >= 0.6 is 0 Å². The smallest absolute Gasteiger partial charge is 0.335 e. The quantitative estimate of drug-likeness (QED) is 0.684. The molecule has 1 aromatic heterocycles. The molecule has 0 unspecified atom stereocenters. The van der Waals surface area contributed by atoms with E-state index < -0.39 is 16.6 Å². The third-order valence-corrected chi connectivity index (χ3v) is 3.06. The molecule has 0 aliphatic carbocycles. The molecular weight excluding hydrogens is 278 g/mol. The van der Waals surface area contributed by atoms with E-state index >= 15 is 0 Å². The summed E-state index contributed by atoms with van der Waals surface area (Å²) in [6.07, 6.45) is 0. The van der Waals surface area contributed by atoms with Crippen molar-refractivity contribution in [3.63, 3.8) is 0 Å². The van der Waals surface area contributed by atoms with Gasteiger partial charge in [-0.1, -0.05) is 0 Å². The summed E-state index contributed by atoms with van der Waals surface area (Å²) in [5.41, 5.74) is 0.724. The van der Waals surface area contributed by atoms with Crippen molar-refractivity contribution in [3.05, 3.63) is 45.3 Å². The van der Waals surface area contributed by atoms with Crippen LogP contribution in [0.1, 0.15) is 21.7 Å². The van der Waals surface area contributed by atoms with Crippen molar-refractivity contribution in [2.24, 2.45) is 7.05 Å². The molecule has 0 spiro atoms. The Morgan fingerprint density at radius 1 is 1.43 bits per heavy atom. The predicted octanol–water partition coefficient (Wildman–Crippen LogP) is 2.44. The second-order valence-corrected chi connectivity index (χ2v) is 4.47. The molecule has 0 bridgehead atoms. The SMILES string of the molecule is Cc1nn(C)c(C)c1Oc1ccc(C(=O)O)cc1[N+](=O)[O-]. The van der Waals surface area contributed by atoms with Crippen molar-refractivity contribution < 1.29 is 19.6 Å². The number of aromatic nitrogens is 2. The number of carbonyl (C=O) groups is 1. The van der Waals surface area contributed by atoms with Crippen molar-refractivity contribution in [3.8, 4) is 11.5 Å². The number of aryl methyl sites for hydroxylation is 2. The molecule has 2 rings (SSSR count). The van der Waals surface area contributed by atoms with E-state index in [-0.39, 0.29) is 11.3 Å². The Kier molecular flexibility index (Phi) is 3.62. The Morgan fingerprint density at radius 3 is 2.57 bits per heavy atom. The minimum absolute atomic E-state index is 0.0239. The number of hydrogen-bond acceptors (Lipinski definition) is 5. The number of carboxylic acid groups (broad SMARTS) is 1. The zero-order valence-corrected chi connectivity index (χ0v) is 11.7. The third kappa shape index (κ3) is 2.69. The lowest BCUT2D eigenvalue weighted by atomic mass is 10.2. The first kappa shape index (κ1) is 14.5. The average Bonchev–Trinajstić information content (AvgIpc) is 2.65. The average molecular weight is 291 g/mol. The standard InChI is InChI=1S/C13H13N3O5/c1-7-12(8(2)15(3)14-7)21-11-5-4-9(13(17)18)6-10(11)16(19)20/h4-6H,1-3H3,(H,17,18). The summed E-state index contributed by atoms with van der Waals surface area (Å²) in [5.74, 6) is -0.841. The van der Waals surface area contributed by atoms with Crippen LogP contribution in [0.4, 0.5) is 5.69 Å². The first-order valence-corrected chi connectivity index (χ1v) is 6.01. The summed E-state index contributed by atoms with van der Waals surface area (Å²) < 4.78 is 7.17. The Labute approximate surface area is 119 Å². The zero-order valence-electron chi connectivity index (χ0n) is 11.7. The second-order valence-electron chi connectivity index (χ2n) is 4.47. The monoisotopic (exact) mass is 291 g/mol. The van der Waals surface area contributed by atoms with Gasteiger partial charge in [0.15, 0.2) is 5.75 Å². The highest BCUT2D eigenvalue weighted by Gasteiger charge is 2.21. The first-order chi connectivity index (χ1) is 9.81. The fraction of sp³-hybridized carbons (Fsp3) is 0.231. The van der Waals surface area contributed by atoms with Gasteiger partial charge < -0.3 is 9.84 Å². The van der Waals surface area contributed by atoms with E-state index in [1.54, 1.807) is 25.6 Å². The molecule has 1 aromatic carbocycles. The van der Waals surface area contributed by atoms with Gasteiger partial charge in [-0.25, -0.2) is 4.79 Å². The first-order valence-electron chi connectivity index (χ1n) is 6.01. The molecular formula is C13H13N3O5. The molecule has 110 valence electrons. The molecule has 0 aliphatic heterocycles. The van der Waals surface area contributed by atoms with E-state index in [0.717, 1.165) is 6.07 Å². The van der Waals surface area contributed by atoms with E-state index in [9.17, 15) is 14.9 Å². The van der Waals surface area contributed by atoms with Gasteiger partial charge in [-0.05, 0) is 26.0 Å². The van der Waals surface area contributed by atoms with E-state index in [1.807, 2.05) is 0 Å². The van der Waals surface area contributed by atoms with Crippen molar-refractivity contribution in [1.82, 2.24) is 9.78 Å². The lowest BCUT2D eigenvalue weighted by Gasteiger charge is -2.07. The largest absolute Gasteiger partial charge is 0.478 e. The molecule has 0 saturated heterocycles. The molecule has 0 amide bonds. The lowest BCUT2D eigenvalue weighted by molar-refractivity contribution is -0.385. The van der Waals surface area contributed by atoms with Crippen LogP contribution in [0.5, 0.6) is 11.5 Å². The van der Waals surface area contributed by atoms with E-state index in [4.69, 9.17) is 9.84 Å². The van der Waals surface area contributed by atoms with Crippen LogP contribution in [0.2, 0.25) is 0 Å². The van der Waals surface area contributed by atoms with Gasteiger partial charge in [0.25, 0.3) is 0 Å². The van der Waals surface area contributed by atoms with Crippen LogP contribution in [0.25, 0.3) is 0 Å². The Balaban J connectivity index is 2.49. The third-order valence-electron chi connectivity index (χ3n) is 3.06. The highest BCUT2D eigenvalue weighted by molar-refractivity contribution is 5.88. The van der Waals surface area contributed by atoms with Gasteiger partial charge in [0.1, 0.15) is 5.69 Å². The summed E-state index contributed by atoms with van der Waals surface area (Å²) in [4.78, 5) is 21.3. The molecule has 1 N–H and O–H groups in total. The number of nitrogens with zero attached hydrogens (tertiary/aromatic N) is 3. The van der Waals surface area contributed by atoms with Crippen LogP contribution < -0.4 is 4.74 Å². The topological polar surface area (TPSA) is 107 Å². The molecule has 8 nitrogen and oxygen atoms in total. The molecule has 0 aliphatic rings. The zero-order chi connectivity index (χ0) is 15.7. The molecule has 0 radical (unpaired) electrons. The normalized spacial score (nSPS) is 10.4. The van der Waals surface area contributed by atoms with Crippen molar-refractivity contribution in [1.29, 1.82) is 0 Å². The number of aromatic carboxylic acids is 1. The molecule has 1 heterocycles. The minimum Gasteiger partial charge on any atom is -0.478 e. The Hall–Kier alpha value is -2.90. The molecule has 21 heavy (non-hydrogen) atoms. The highest BCUT2D eigenvalue weighted by atomic mass is 16.6. The van der Waals surface area contributed by atoms with Crippen LogP contribution in [-0.4, -0.2) is 25.8 Å². The number of nitro groups is 1. The maximum atomic E-state index is 11.1. The van der Waals surface area contributed by atoms with Crippen molar-refractivity contribution >= 4 is 11.7 Å². The second kappa shape index (κ2) is 5.23. The van der Waals surface area contributed by atoms with Crippen LogP contribution in [0.15, 0.2) is 18.2 Å². The number of nitro benzene ring substituents is 1. The molecule has 2 aromatic rings. The minimum atomic E-state index is -1.24. The number of hydrogen-bond donors (Lipinski definition) is 1. The Morgan fingerprint density at radius 2 is 2.10 bits per heavy atom.